The average molecular weight is 248 g/mol. The fraction of sp³-hybridized carbons (Fsp3) is 0.667. The molecule has 3 heteroatoms. The van der Waals surface area contributed by atoms with Gasteiger partial charge >= 0.3 is 0 Å². The summed E-state index contributed by atoms with van der Waals surface area (Å²) in [6.45, 7) is 3.30. The van der Waals surface area contributed by atoms with E-state index in [0.717, 1.165) is 18.5 Å². The van der Waals surface area contributed by atoms with Crippen LogP contribution in [-0.4, -0.2) is 17.1 Å². The number of aryl methyl sites for hydroxylation is 1. The van der Waals surface area contributed by atoms with Gasteiger partial charge < -0.3 is 10.5 Å². The van der Waals surface area contributed by atoms with Crippen LogP contribution in [0.2, 0.25) is 0 Å². The maximum Gasteiger partial charge on any atom is 0.0891 e. The molecule has 1 heterocycles. The van der Waals surface area contributed by atoms with Gasteiger partial charge in [-0.05, 0) is 31.4 Å². The van der Waals surface area contributed by atoms with Crippen molar-refractivity contribution in [2.24, 2.45) is 5.73 Å². The van der Waals surface area contributed by atoms with E-state index in [1.807, 2.05) is 12.3 Å². The number of hydrogen-bond donors (Lipinski definition) is 1. The van der Waals surface area contributed by atoms with Crippen LogP contribution < -0.4 is 5.73 Å². The van der Waals surface area contributed by atoms with Gasteiger partial charge in [0.05, 0.1) is 18.9 Å². The molecular formula is C15H24N2O. The van der Waals surface area contributed by atoms with E-state index < -0.39 is 0 Å². The first-order valence-corrected chi connectivity index (χ1v) is 6.97. The minimum absolute atomic E-state index is 0.112. The summed E-state index contributed by atoms with van der Waals surface area (Å²) in [6.07, 6.45) is 9.11. The molecule has 1 aromatic rings. The third-order valence-electron chi connectivity index (χ3n) is 3.85. The molecule has 1 aliphatic rings. The molecule has 1 aliphatic carbocycles. The topological polar surface area (TPSA) is 48.1 Å². The first kappa shape index (κ1) is 13.5. The van der Waals surface area contributed by atoms with Gasteiger partial charge in [0.1, 0.15) is 0 Å². The Morgan fingerprint density at radius 1 is 1.28 bits per heavy atom. The first-order valence-electron chi connectivity index (χ1n) is 6.97. The fourth-order valence-corrected chi connectivity index (χ4v) is 2.60. The lowest BCUT2D eigenvalue weighted by Gasteiger charge is -2.27. The molecule has 0 amide bonds. The maximum absolute atomic E-state index is 6.42. The molecule has 3 nitrogen and oxygen atoms in total. The van der Waals surface area contributed by atoms with E-state index in [4.69, 9.17) is 10.5 Å². The number of aromatic nitrogens is 1. The third kappa shape index (κ3) is 3.79. The highest BCUT2D eigenvalue weighted by Crippen LogP contribution is 2.25. The number of rotatable bonds is 4. The van der Waals surface area contributed by atoms with Gasteiger partial charge in [0.15, 0.2) is 0 Å². The lowest BCUT2D eigenvalue weighted by molar-refractivity contribution is 0.0646. The largest absolute Gasteiger partial charge is 0.373 e. The van der Waals surface area contributed by atoms with Crippen LogP contribution in [0.1, 0.15) is 49.8 Å². The normalized spacial score (nSPS) is 19.4. The standard InChI is InChI=1S/C15H24N2O/c1-13-7-6-10-17-14(13)11-18-12-15(16)8-4-2-3-5-9-15/h6-7,10H,2-5,8-9,11-12,16H2,1H3. The summed E-state index contributed by atoms with van der Waals surface area (Å²) in [5, 5.41) is 0. The minimum Gasteiger partial charge on any atom is -0.373 e. The van der Waals surface area contributed by atoms with Gasteiger partial charge in [-0.25, -0.2) is 0 Å². The molecular weight excluding hydrogens is 224 g/mol. The van der Waals surface area contributed by atoms with Crippen molar-refractivity contribution >= 4 is 0 Å². The quantitative estimate of drug-likeness (QED) is 0.833. The Hall–Kier alpha value is -0.930. The van der Waals surface area contributed by atoms with Crippen LogP contribution in [0.3, 0.4) is 0 Å². The molecule has 1 fully saturated rings. The van der Waals surface area contributed by atoms with Crippen LogP contribution in [-0.2, 0) is 11.3 Å². The van der Waals surface area contributed by atoms with Crippen molar-refractivity contribution in [3.63, 3.8) is 0 Å². The van der Waals surface area contributed by atoms with Gasteiger partial charge in [-0.2, -0.15) is 0 Å². The molecule has 1 saturated carbocycles. The van der Waals surface area contributed by atoms with Crippen LogP contribution in [0.15, 0.2) is 18.3 Å². The second-order valence-electron chi connectivity index (χ2n) is 5.54. The SMILES string of the molecule is Cc1cccnc1COCC1(N)CCCCCC1. The third-order valence-corrected chi connectivity index (χ3v) is 3.85. The molecule has 0 aliphatic heterocycles. The summed E-state index contributed by atoms with van der Waals surface area (Å²) in [4.78, 5) is 4.34. The zero-order valence-electron chi connectivity index (χ0n) is 11.3. The molecule has 0 unspecified atom stereocenters. The lowest BCUT2D eigenvalue weighted by Crippen LogP contribution is -2.43. The van der Waals surface area contributed by atoms with Gasteiger partial charge in [-0.1, -0.05) is 31.7 Å². The highest BCUT2D eigenvalue weighted by molar-refractivity contribution is 5.16. The number of nitrogens with two attached hydrogens (primary N) is 1. The van der Waals surface area contributed by atoms with Gasteiger partial charge in [0.2, 0.25) is 0 Å². The van der Waals surface area contributed by atoms with Crippen LogP contribution in [0.4, 0.5) is 0 Å². The van der Waals surface area contributed by atoms with Crippen molar-refractivity contribution in [2.75, 3.05) is 6.61 Å². The summed E-state index contributed by atoms with van der Waals surface area (Å²) in [6, 6.07) is 4.02. The first-order chi connectivity index (χ1) is 8.70. The summed E-state index contributed by atoms with van der Waals surface area (Å²) < 4.78 is 5.81. The Bertz CT molecular complexity index is 371. The molecule has 100 valence electrons. The smallest absolute Gasteiger partial charge is 0.0891 e. The van der Waals surface area contributed by atoms with Crippen LogP contribution in [0.25, 0.3) is 0 Å². The van der Waals surface area contributed by atoms with Crippen LogP contribution in [0, 0.1) is 6.92 Å². The molecule has 2 rings (SSSR count). The number of ether oxygens (including phenoxy) is 1. The Labute approximate surface area is 110 Å². The van der Waals surface area contributed by atoms with Crippen LogP contribution >= 0.6 is 0 Å². The van der Waals surface area contributed by atoms with Crippen molar-refractivity contribution in [2.45, 2.75) is 57.6 Å². The van der Waals surface area contributed by atoms with Crippen molar-refractivity contribution in [3.8, 4) is 0 Å². The summed E-state index contributed by atoms with van der Waals surface area (Å²) in [5.41, 5.74) is 8.51. The molecule has 2 N–H and O–H groups in total. The summed E-state index contributed by atoms with van der Waals surface area (Å²) in [5.74, 6) is 0. The van der Waals surface area contributed by atoms with E-state index in [0.29, 0.717) is 13.2 Å². The highest BCUT2D eigenvalue weighted by Gasteiger charge is 2.26. The van der Waals surface area contributed by atoms with E-state index in [1.54, 1.807) is 0 Å². The average Bonchev–Trinajstić information content (AvgIpc) is 2.57. The van der Waals surface area contributed by atoms with Crippen LogP contribution in [0.5, 0.6) is 0 Å². The molecule has 1 aromatic heterocycles. The Morgan fingerprint density at radius 2 is 2.00 bits per heavy atom. The van der Waals surface area contributed by atoms with E-state index in [9.17, 15) is 0 Å². The van der Waals surface area contributed by atoms with Crippen molar-refractivity contribution in [3.05, 3.63) is 29.6 Å². The van der Waals surface area contributed by atoms with E-state index in [-0.39, 0.29) is 5.54 Å². The molecule has 0 bridgehead atoms. The number of pyridine rings is 1. The maximum atomic E-state index is 6.42. The zero-order chi connectivity index (χ0) is 12.8. The second-order valence-corrected chi connectivity index (χ2v) is 5.54. The van der Waals surface area contributed by atoms with Crippen molar-refractivity contribution < 1.29 is 4.74 Å². The van der Waals surface area contributed by atoms with E-state index in [2.05, 4.69) is 18.0 Å². The molecule has 18 heavy (non-hydrogen) atoms. The summed E-state index contributed by atoms with van der Waals surface area (Å²) >= 11 is 0. The molecule has 0 aromatic carbocycles. The molecule has 0 radical (unpaired) electrons. The lowest BCUT2D eigenvalue weighted by atomic mass is 9.93. The Kier molecular flexibility index (Phi) is 4.72. The van der Waals surface area contributed by atoms with Gasteiger partial charge in [0.25, 0.3) is 0 Å². The van der Waals surface area contributed by atoms with Gasteiger partial charge in [-0.15, -0.1) is 0 Å². The molecule has 0 atom stereocenters. The minimum atomic E-state index is -0.112. The fourth-order valence-electron chi connectivity index (χ4n) is 2.60. The Morgan fingerprint density at radius 3 is 2.67 bits per heavy atom. The zero-order valence-corrected chi connectivity index (χ0v) is 11.3. The molecule has 0 saturated heterocycles. The predicted octanol–water partition coefficient (Wildman–Crippen LogP) is 2.96. The predicted molar refractivity (Wildman–Crippen MR) is 73.3 cm³/mol. The van der Waals surface area contributed by atoms with Gasteiger partial charge in [0, 0.05) is 11.7 Å². The van der Waals surface area contributed by atoms with E-state index >= 15 is 0 Å². The number of hydrogen-bond acceptors (Lipinski definition) is 3. The van der Waals surface area contributed by atoms with Crippen molar-refractivity contribution in [1.29, 1.82) is 0 Å². The highest BCUT2D eigenvalue weighted by atomic mass is 16.5. The second kappa shape index (κ2) is 6.30. The van der Waals surface area contributed by atoms with Crippen molar-refractivity contribution in [1.82, 2.24) is 4.98 Å². The monoisotopic (exact) mass is 248 g/mol. The number of nitrogens with zero attached hydrogens (tertiary/aromatic N) is 1. The van der Waals surface area contributed by atoms with Gasteiger partial charge in [-0.3, -0.25) is 4.98 Å². The summed E-state index contributed by atoms with van der Waals surface area (Å²) in [7, 11) is 0. The Balaban J connectivity index is 1.82. The van der Waals surface area contributed by atoms with E-state index in [1.165, 1.54) is 31.2 Å². The molecule has 0 spiro atoms.